The van der Waals surface area contributed by atoms with Crippen molar-refractivity contribution < 1.29 is 4.74 Å². The molecule has 0 aliphatic rings. The Morgan fingerprint density at radius 1 is 1.62 bits per heavy atom. The third-order valence-corrected chi connectivity index (χ3v) is 1.98. The van der Waals surface area contributed by atoms with Crippen molar-refractivity contribution in [2.45, 2.75) is 26.3 Å². The minimum absolute atomic E-state index is 0.443. The van der Waals surface area contributed by atoms with E-state index in [2.05, 4.69) is 24.1 Å². The van der Waals surface area contributed by atoms with Gasteiger partial charge in [0, 0.05) is 12.2 Å². The van der Waals surface area contributed by atoms with E-state index in [1.165, 1.54) is 0 Å². The third kappa shape index (κ3) is 2.61. The van der Waals surface area contributed by atoms with Crippen molar-refractivity contribution in [3.8, 4) is 5.88 Å². The van der Waals surface area contributed by atoms with E-state index < -0.39 is 0 Å². The summed E-state index contributed by atoms with van der Waals surface area (Å²) in [7, 11) is 1.63. The lowest BCUT2D eigenvalue weighted by atomic mass is 10.2. The summed E-state index contributed by atoms with van der Waals surface area (Å²) in [6, 6.07) is 4.31. The number of rotatable bonds is 4. The van der Waals surface area contributed by atoms with Gasteiger partial charge >= 0.3 is 0 Å². The van der Waals surface area contributed by atoms with E-state index in [1.54, 1.807) is 13.3 Å². The average Bonchev–Trinajstić information content (AvgIpc) is 2.18. The lowest BCUT2D eigenvalue weighted by molar-refractivity contribution is 0.399. The maximum atomic E-state index is 5.12. The minimum atomic E-state index is 0.443. The first kappa shape index (κ1) is 9.84. The molecule has 1 aromatic rings. The first-order valence-corrected chi connectivity index (χ1v) is 4.53. The first-order valence-electron chi connectivity index (χ1n) is 4.53. The standard InChI is InChI=1S/C10H16N2O/c1-4-8(2)12-9-6-5-7-11-10(9)13-3/h5-8,12H,4H2,1-3H3/t8-/m1/s1. The molecule has 3 heteroatoms. The van der Waals surface area contributed by atoms with E-state index in [4.69, 9.17) is 4.74 Å². The summed E-state index contributed by atoms with van der Waals surface area (Å²) in [5.41, 5.74) is 0.958. The molecule has 0 aliphatic heterocycles. The van der Waals surface area contributed by atoms with Crippen LogP contribution in [-0.4, -0.2) is 18.1 Å². The van der Waals surface area contributed by atoms with Crippen molar-refractivity contribution in [3.63, 3.8) is 0 Å². The number of hydrogen-bond acceptors (Lipinski definition) is 3. The van der Waals surface area contributed by atoms with Gasteiger partial charge in [0.1, 0.15) is 0 Å². The summed E-state index contributed by atoms with van der Waals surface area (Å²) in [5, 5.41) is 3.32. The monoisotopic (exact) mass is 180 g/mol. The fraction of sp³-hybridized carbons (Fsp3) is 0.500. The van der Waals surface area contributed by atoms with Crippen LogP contribution < -0.4 is 10.1 Å². The number of nitrogens with zero attached hydrogens (tertiary/aromatic N) is 1. The predicted octanol–water partition coefficient (Wildman–Crippen LogP) is 2.30. The molecule has 0 aliphatic carbocycles. The van der Waals surface area contributed by atoms with Crippen molar-refractivity contribution in [2.24, 2.45) is 0 Å². The minimum Gasteiger partial charge on any atom is -0.480 e. The second-order valence-corrected chi connectivity index (χ2v) is 3.01. The van der Waals surface area contributed by atoms with Gasteiger partial charge < -0.3 is 10.1 Å². The zero-order valence-electron chi connectivity index (χ0n) is 8.37. The third-order valence-electron chi connectivity index (χ3n) is 1.98. The SMILES string of the molecule is CC[C@@H](C)Nc1cccnc1OC. The Labute approximate surface area is 79.1 Å². The van der Waals surface area contributed by atoms with E-state index in [0.717, 1.165) is 12.1 Å². The van der Waals surface area contributed by atoms with Crippen LogP contribution in [0.2, 0.25) is 0 Å². The van der Waals surface area contributed by atoms with Gasteiger partial charge in [-0.1, -0.05) is 6.92 Å². The molecule has 0 fully saturated rings. The van der Waals surface area contributed by atoms with Crippen LogP contribution in [0.25, 0.3) is 0 Å². The van der Waals surface area contributed by atoms with Gasteiger partial charge in [-0.05, 0) is 25.5 Å². The van der Waals surface area contributed by atoms with Crippen LogP contribution in [-0.2, 0) is 0 Å². The number of aromatic nitrogens is 1. The van der Waals surface area contributed by atoms with Crippen LogP contribution >= 0.6 is 0 Å². The molecule has 0 aromatic carbocycles. The van der Waals surface area contributed by atoms with Crippen molar-refractivity contribution >= 4 is 5.69 Å². The molecular formula is C10H16N2O. The molecule has 3 nitrogen and oxygen atoms in total. The molecule has 0 bridgehead atoms. The number of nitrogens with one attached hydrogen (secondary N) is 1. The number of pyridine rings is 1. The van der Waals surface area contributed by atoms with Crippen LogP contribution in [0.4, 0.5) is 5.69 Å². The van der Waals surface area contributed by atoms with Crippen molar-refractivity contribution in [2.75, 3.05) is 12.4 Å². The molecule has 1 heterocycles. The lowest BCUT2D eigenvalue weighted by Crippen LogP contribution is -2.14. The quantitative estimate of drug-likeness (QED) is 0.772. The number of anilines is 1. The maximum absolute atomic E-state index is 5.12. The number of hydrogen-bond donors (Lipinski definition) is 1. The Balaban J connectivity index is 2.74. The van der Waals surface area contributed by atoms with E-state index in [1.807, 2.05) is 12.1 Å². The normalized spacial score (nSPS) is 12.2. The van der Waals surface area contributed by atoms with Gasteiger partial charge in [-0.3, -0.25) is 0 Å². The van der Waals surface area contributed by atoms with Crippen molar-refractivity contribution in [3.05, 3.63) is 18.3 Å². The molecule has 0 radical (unpaired) electrons. The molecule has 0 saturated heterocycles. The highest BCUT2D eigenvalue weighted by Gasteiger charge is 2.04. The van der Waals surface area contributed by atoms with Crippen LogP contribution in [0, 0.1) is 0 Å². The lowest BCUT2D eigenvalue weighted by Gasteiger charge is -2.14. The molecule has 0 spiro atoms. The molecule has 1 atom stereocenters. The molecule has 0 saturated carbocycles. The fourth-order valence-electron chi connectivity index (χ4n) is 1.03. The molecular weight excluding hydrogens is 164 g/mol. The van der Waals surface area contributed by atoms with Crippen LogP contribution in [0.5, 0.6) is 5.88 Å². The van der Waals surface area contributed by atoms with Gasteiger partial charge in [-0.2, -0.15) is 0 Å². The first-order chi connectivity index (χ1) is 6.27. The molecule has 1 aromatic heterocycles. The van der Waals surface area contributed by atoms with E-state index in [-0.39, 0.29) is 0 Å². The van der Waals surface area contributed by atoms with Crippen molar-refractivity contribution in [1.29, 1.82) is 0 Å². The maximum Gasteiger partial charge on any atom is 0.237 e. The molecule has 0 amide bonds. The van der Waals surface area contributed by atoms with Gasteiger partial charge in [-0.25, -0.2) is 4.98 Å². The van der Waals surface area contributed by atoms with Gasteiger partial charge in [0.2, 0.25) is 5.88 Å². The van der Waals surface area contributed by atoms with Gasteiger partial charge in [0.25, 0.3) is 0 Å². The molecule has 1 N–H and O–H groups in total. The Kier molecular flexibility index (Phi) is 3.55. The summed E-state index contributed by atoms with van der Waals surface area (Å²) < 4.78 is 5.12. The Morgan fingerprint density at radius 2 is 2.38 bits per heavy atom. The van der Waals surface area contributed by atoms with Gasteiger partial charge in [-0.15, -0.1) is 0 Å². The summed E-state index contributed by atoms with van der Waals surface area (Å²) in [5.74, 6) is 0.655. The second-order valence-electron chi connectivity index (χ2n) is 3.01. The highest BCUT2D eigenvalue weighted by molar-refractivity contribution is 5.52. The number of methoxy groups -OCH3 is 1. The van der Waals surface area contributed by atoms with Crippen molar-refractivity contribution in [1.82, 2.24) is 4.98 Å². The Morgan fingerprint density at radius 3 is 3.00 bits per heavy atom. The van der Waals surface area contributed by atoms with Crippen LogP contribution in [0.1, 0.15) is 20.3 Å². The van der Waals surface area contributed by atoms with Gasteiger partial charge in [0.15, 0.2) is 0 Å². The highest BCUT2D eigenvalue weighted by Crippen LogP contribution is 2.20. The summed E-state index contributed by atoms with van der Waals surface area (Å²) >= 11 is 0. The van der Waals surface area contributed by atoms with E-state index >= 15 is 0 Å². The van der Waals surface area contributed by atoms with Gasteiger partial charge in [0.05, 0.1) is 12.8 Å². The summed E-state index contributed by atoms with van der Waals surface area (Å²) in [6.45, 7) is 4.27. The topological polar surface area (TPSA) is 34.2 Å². The smallest absolute Gasteiger partial charge is 0.237 e. The predicted molar refractivity (Wildman–Crippen MR) is 54.2 cm³/mol. The molecule has 72 valence electrons. The average molecular weight is 180 g/mol. The van der Waals surface area contributed by atoms with Crippen LogP contribution in [0.3, 0.4) is 0 Å². The van der Waals surface area contributed by atoms with E-state index in [9.17, 15) is 0 Å². The second kappa shape index (κ2) is 4.70. The highest BCUT2D eigenvalue weighted by atomic mass is 16.5. The summed E-state index contributed by atoms with van der Waals surface area (Å²) in [4.78, 5) is 4.10. The van der Waals surface area contributed by atoms with E-state index in [0.29, 0.717) is 11.9 Å². The Bertz CT molecular complexity index is 263. The van der Waals surface area contributed by atoms with Crippen LogP contribution in [0.15, 0.2) is 18.3 Å². The zero-order chi connectivity index (χ0) is 9.68. The molecule has 13 heavy (non-hydrogen) atoms. The number of ether oxygens (including phenoxy) is 1. The molecule has 1 rings (SSSR count). The molecule has 0 unspecified atom stereocenters. The zero-order valence-corrected chi connectivity index (χ0v) is 8.37. The Hall–Kier alpha value is -1.25. The fourth-order valence-corrected chi connectivity index (χ4v) is 1.03. The summed E-state index contributed by atoms with van der Waals surface area (Å²) in [6.07, 6.45) is 2.80. The largest absolute Gasteiger partial charge is 0.480 e.